The van der Waals surface area contributed by atoms with Gasteiger partial charge in [0.25, 0.3) is 0 Å². The summed E-state index contributed by atoms with van der Waals surface area (Å²) < 4.78 is 1.19. The van der Waals surface area contributed by atoms with Crippen LogP contribution in [0.25, 0.3) is 0 Å². The zero-order valence-corrected chi connectivity index (χ0v) is 12.5. The number of nitrogen functional groups attached to an aromatic ring is 1. The first-order valence-corrected chi connectivity index (χ1v) is 7.56. The molecule has 3 N–H and O–H groups in total. The van der Waals surface area contributed by atoms with Gasteiger partial charge in [0.2, 0.25) is 0 Å². The molecule has 2 rings (SSSR count). The molecule has 0 heterocycles. The van der Waals surface area contributed by atoms with E-state index in [2.05, 4.69) is 47.0 Å². The highest BCUT2D eigenvalue weighted by Gasteiger charge is 2.20. The summed E-state index contributed by atoms with van der Waals surface area (Å²) in [6, 6.07) is 6.83. The minimum absolute atomic E-state index is 0.583. The van der Waals surface area contributed by atoms with E-state index in [0.717, 1.165) is 17.3 Å². The number of nitrogens with one attached hydrogen (secondary N) is 1. The Labute approximate surface area is 117 Å². The Kier molecular flexibility index (Phi) is 4.54. The second-order valence-corrected chi connectivity index (χ2v) is 6.34. The second kappa shape index (κ2) is 5.94. The van der Waals surface area contributed by atoms with Crippen molar-refractivity contribution in [1.82, 2.24) is 0 Å². The molecule has 1 aliphatic rings. The predicted molar refractivity (Wildman–Crippen MR) is 83.2 cm³/mol. The van der Waals surface area contributed by atoms with Crippen molar-refractivity contribution in [3.8, 4) is 0 Å². The highest BCUT2D eigenvalue weighted by atomic mass is 127. The van der Waals surface area contributed by atoms with Gasteiger partial charge in [0, 0.05) is 9.61 Å². The molecule has 17 heavy (non-hydrogen) atoms. The van der Waals surface area contributed by atoms with Crippen LogP contribution in [0.2, 0.25) is 0 Å². The number of anilines is 2. The van der Waals surface area contributed by atoms with Crippen LogP contribution in [0, 0.1) is 9.49 Å². The molecule has 1 fully saturated rings. The monoisotopic (exact) mass is 344 g/mol. The van der Waals surface area contributed by atoms with Gasteiger partial charge in [-0.1, -0.05) is 26.2 Å². The van der Waals surface area contributed by atoms with Gasteiger partial charge in [-0.05, 0) is 59.5 Å². The molecule has 0 bridgehead atoms. The van der Waals surface area contributed by atoms with Crippen molar-refractivity contribution >= 4 is 34.0 Å². The van der Waals surface area contributed by atoms with E-state index in [0.29, 0.717) is 6.04 Å². The van der Waals surface area contributed by atoms with Gasteiger partial charge in [0.15, 0.2) is 0 Å². The summed E-state index contributed by atoms with van der Waals surface area (Å²) in [7, 11) is 0. The summed E-state index contributed by atoms with van der Waals surface area (Å²) in [5, 5.41) is 3.64. The van der Waals surface area contributed by atoms with Gasteiger partial charge in [-0.2, -0.15) is 0 Å². The molecule has 0 radical (unpaired) electrons. The number of hydrogen-bond acceptors (Lipinski definition) is 2. The van der Waals surface area contributed by atoms with E-state index in [-0.39, 0.29) is 0 Å². The first kappa shape index (κ1) is 13.0. The first-order chi connectivity index (χ1) is 8.16. The zero-order valence-electron chi connectivity index (χ0n) is 10.4. The van der Waals surface area contributed by atoms with Crippen LogP contribution in [0.15, 0.2) is 18.2 Å². The average molecular weight is 344 g/mol. The Morgan fingerprint density at radius 3 is 2.76 bits per heavy atom. The largest absolute Gasteiger partial charge is 0.397 e. The van der Waals surface area contributed by atoms with Crippen molar-refractivity contribution in [3.05, 3.63) is 21.8 Å². The van der Waals surface area contributed by atoms with Crippen LogP contribution >= 0.6 is 22.6 Å². The van der Waals surface area contributed by atoms with Crippen LogP contribution in [0.3, 0.4) is 0 Å². The first-order valence-electron chi connectivity index (χ1n) is 6.48. The maximum Gasteiger partial charge on any atom is 0.0576 e. The standard InChI is InChI=1S/C14H21IN2/c1-10-5-3-2-4-6-13(10)17-14-8-7-11(15)9-12(14)16/h7-10,13,17H,2-6,16H2,1H3. The van der Waals surface area contributed by atoms with E-state index in [9.17, 15) is 0 Å². The third-order valence-electron chi connectivity index (χ3n) is 3.72. The highest BCUT2D eigenvalue weighted by molar-refractivity contribution is 14.1. The Hall–Kier alpha value is -0.450. The Balaban J connectivity index is 2.08. The quantitative estimate of drug-likeness (QED) is 0.478. The van der Waals surface area contributed by atoms with Crippen LogP contribution < -0.4 is 11.1 Å². The van der Waals surface area contributed by atoms with Gasteiger partial charge in [-0.25, -0.2) is 0 Å². The van der Waals surface area contributed by atoms with E-state index in [1.807, 2.05) is 6.07 Å². The van der Waals surface area contributed by atoms with Gasteiger partial charge in [-0.15, -0.1) is 0 Å². The van der Waals surface area contributed by atoms with Gasteiger partial charge >= 0.3 is 0 Å². The van der Waals surface area contributed by atoms with Crippen molar-refractivity contribution in [3.63, 3.8) is 0 Å². The lowest BCUT2D eigenvalue weighted by atomic mass is 9.96. The minimum atomic E-state index is 0.583. The van der Waals surface area contributed by atoms with Gasteiger partial charge in [-0.3, -0.25) is 0 Å². The van der Waals surface area contributed by atoms with Crippen molar-refractivity contribution < 1.29 is 0 Å². The fourth-order valence-corrected chi connectivity index (χ4v) is 3.09. The number of benzene rings is 1. The molecule has 0 amide bonds. The van der Waals surface area contributed by atoms with E-state index < -0.39 is 0 Å². The Morgan fingerprint density at radius 2 is 2.00 bits per heavy atom. The van der Waals surface area contributed by atoms with Gasteiger partial charge in [0.05, 0.1) is 11.4 Å². The lowest BCUT2D eigenvalue weighted by Gasteiger charge is -2.24. The fraction of sp³-hybridized carbons (Fsp3) is 0.571. The molecule has 94 valence electrons. The molecule has 0 aliphatic heterocycles. The fourth-order valence-electron chi connectivity index (χ4n) is 2.57. The molecule has 2 atom stereocenters. The van der Waals surface area contributed by atoms with Crippen molar-refractivity contribution in [2.75, 3.05) is 11.1 Å². The van der Waals surface area contributed by atoms with Gasteiger partial charge in [0.1, 0.15) is 0 Å². The SMILES string of the molecule is CC1CCCCCC1Nc1ccc(I)cc1N. The third-order valence-corrected chi connectivity index (χ3v) is 4.39. The molecular formula is C14H21IN2. The van der Waals surface area contributed by atoms with E-state index in [1.165, 1.54) is 35.7 Å². The molecular weight excluding hydrogens is 323 g/mol. The van der Waals surface area contributed by atoms with E-state index in [4.69, 9.17) is 5.73 Å². The van der Waals surface area contributed by atoms with E-state index >= 15 is 0 Å². The van der Waals surface area contributed by atoms with E-state index in [1.54, 1.807) is 0 Å². The van der Waals surface area contributed by atoms with Gasteiger partial charge < -0.3 is 11.1 Å². The molecule has 1 aliphatic carbocycles. The maximum atomic E-state index is 6.06. The van der Waals surface area contributed by atoms with Crippen molar-refractivity contribution in [2.24, 2.45) is 5.92 Å². The number of nitrogens with two attached hydrogens (primary N) is 1. The molecule has 3 heteroatoms. The van der Waals surface area contributed by atoms with Crippen molar-refractivity contribution in [2.45, 2.75) is 45.1 Å². The molecule has 1 aromatic carbocycles. The second-order valence-electron chi connectivity index (χ2n) is 5.10. The Morgan fingerprint density at radius 1 is 1.24 bits per heavy atom. The smallest absolute Gasteiger partial charge is 0.0576 e. The summed E-state index contributed by atoms with van der Waals surface area (Å²) in [5.41, 5.74) is 8.03. The number of halogens is 1. The minimum Gasteiger partial charge on any atom is -0.397 e. The normalized spacial score (nSPS) is 25.3. The predicted octanol–water partition coefficient (Wildman–Crippen LogP) is 4.25. The molecule has 2 nitrogen and oxygen atoms in total. The van der Waals surface area contributed by atoms with Crippen LogP contribution in [-0.2, 0) is 0 Å². The highest BCUT2D eigenvalue weighted by Crippen LogP contribution is 2.28. The number of hydrogen-bond donors (Lipinski definition) is 2. The van der Waals surface area contributed by atoms with Crippen LogP contribution in [0.1, 0.15) is 39.0 Å². The molecule has 1 saturated carbocycles. The van der Waals surface area contributed by atoms with Crippen molar-refractivity contribution in [1.29, 1.82) is 0 Å². The lowest BCUT2D eigenvalue weighted by Crippen LogP contribution is -2.26. The Bertz CT molecular complexity index is 378. The molecule has 0 spiro atoms. The summed E-state index contributed by atoms with van der Waals surface area (Å²) in [4.78, 5) is 0. The molecule has 0 saturated heterocycles. The van der Waals surface area contributed by atoms with Crippen LogP contribution in [0.4, 0.5) is 11.4 Å². The van der Waals surface area contributed by atoms with Crippen LogP contribution in [-0.4, -0.2) is 6.04 Å². The number of rotatable bonds is 2. The summed E-state index contributed by atoms with van der Waals surface area (Å²) in [6.45, 7) is 2.35. The molecule has 0 aromatic heterocycles. The summed E-state index contributed by atoms with van der Waals surface area (Å²) in [5.74, 6) is 0.746. The zero-order chi connectivity index (χ0) is 12.3. The van der Waals surface area contributed by atoms with Crippen LogP contribution in [0.5, 0.6) is 0 Å². The lowest BCUT2D eigenvalue weighted by molar-refractivity contribution is 0.457. The maximum absolute atomic E-state index is 6.06. The average Bonchev–Trinajstić information content (AvgIpc) is 2.48. The summed E-state index contributed by atoms with van der Waals surface area (Å²) >= 11 is 2.30. The molecule has 1 aromatic rings. The summed E-state index contributed by atoms with van der Waals surface area (Å²) in [6.07, 6.45) is 6.70. The molecule has 2 unspecified atom stereocenters. The third kappa shape index (κ3) is 3.50. The topological polar surface area (TPSA) is 38.0 Å².